The topological polar surface area (TPSA) is 73.5 Å². The lowest BCUT2D eigenvalue weighted by Gasteiger charge is -2.35. The quantitative estimate of drug-likeness (QED) is 0.574. The van der Waals surface area contributed by atoms with Crippen LogP contribution in [-0.2, 0) is 4.79 Å². The maximum Gasteiger partial charge on any atom is 0.321 e. The Hall–Kier alpha value is -1.14. The number of piperazine rings is 1. The summed E-state index contributed by atoms with van der Waals surface area (Å²) in [6.45, 7) is 6.42. The highest BCUT2D eigenvalue weighted by molar-refractivity contribution is 5.96. The molecule has 16 heavy (non-hydrogen) atoms. The predicted molar refractivity (Wildman–Crippen MR) is 61.1 cm³/mol. The van der Waals surface area contributed by atoms with Crippen LogP contribution in [0.25, 0.3) is 0 Å². The Kier molecular flexibility index (Phi) is 4.70. The van der Waals surface area contributed by atoms with Gasteiger partial charge in [0, 0.05) is 32.7 Å². The molecule has 1 heterocycles. The molecule has 0 aliphatic carbocycles. The minimum Gasteiger partial charge on any atom is -0.341 e. The molecule has 0 aromatic carbocycles. The molecule has 0 aromatic rings. The molecule has 0 aromatic heterocycles. The summed E-state index contributed by atoms with van der Waals surface area (Å²) in [6.07, 6.45) is 0. The highest BCUT2D eigenvalue weighted by atomic mass is 16.2. The molecule has 0 bridgehead atoms. The van der Waals surface area contributed by atoms with E-state index in [4.69, 9.17) is 0 Å². The Bertz CT molecular complexity index is 270. The van der Waals surface area contributed by atoms with E-state index in [9.17, 15) is 9.59 Å². The molecule has 92 valence electrons. The molecule has 1 aliphatic heterocycles. The van der Waals surface area contributed by atoms with E-state index in [0.717, 1.165) is 19.6 Å². The summed E-state index contributed by atoms with van der Waals surface area (Å²) in [6, 6.07) is -0.356. The zero-order valence-electron chi connectivity index (χ0n) is 10.0. The Labute approximate surface area is 95.8 Å². The molecule has 2 atom stereocenters. The first kappa shape index (κ1) is 12.9. The van der Waals surface area contributed by atoms with E-state index < -0.39 is 6.03 Å². The Morgan fingerprint density at radius 3 is 2.75 bits per heavy atom. The lowest BCUT2D eigenvalue weighted by atomic mass is 10.1. The molecule has 0 saturated carbocycles. The average molecular weight is 228 g/mol. The number of hydrogen-bond donors (Lipinski definition) is 3. The van der Waals surface area contributed by atoms with Crippen LogP contribution in [0, 0.1) is 0 Å². The van der Waals surface area contributed by atoms with Crippen LogP contribution in [0.3, 0.4) is 0 Å². The van der Waals surface area contributed by atoms with E-state index >= 15 is 0 Å². The number of nitrogens with zero attached hydrogens (tertiary/aromatic N) is 1. The first-order chi connectivity index (χ1) is 7.54. The number of rotatable bonds is 2. The van der Waals surface area contributed by atoms with E-state index in [-0.39, 0.29) is 11.9 Å². The van der Waals surface area contributed by atoms with Crippen molar-refractivity contribution < 1.29 is 9.59 Å². The fourth-order valence-corrected chi connectivity index (χ4v) is 1.76. The Morgan fingerprint density at radius 1 is 1.50 bits per heavy atom. The Morgan fingerprint density at radius 2 is 2.19 bits per heavy atom. The molecule has 1 saturated heterocycles. The van der Waals surface area contributed by atoms with Crippen LogP contribution in [0.15, 0.2) is 0 Å². The molecule has 0 radical (unpaired) electrons. The molecule has 6 heteroatoms. The van der Waals surface area contributed by atoms with Crippen molar-refractivity contribution in [2.45, 2.75) is 25.9 Å². The van der Waals surface area contributed by atoms with Crippen LogP contribution in [0.4, 0.5) is 4.79 Å². The van der Waals surface area contributed by atoms with Crippen LogP contribution in [-0.4, -0.2) is 55.6 Å². The first-order valence-electron chi connectivity index (χ1n) is 5.54. The van der Waals surface area contributed by atoms with Crippen molar-refractivity contribution in [1.29, 1.82) is 0 Å². The van der Waals surface area contributed by atoms with Gasteiger partial charge in [0.15, 0.2) is 0 Å². The van der Waals surface area contributed by atoms with Crippen molar-refractivity contribution in [2.24, 2.45) is 0 Å². The molecular weight excluding hydrogens is 208 g/mol. The summed E-state index contributed by atoms with van der Waals surface area (Å²) in [5.74, 6) is -0.256. The fourth-order valence-electron chi connectivity index (χ4n) is 1.76. The van der Waals surface area contributed by atoms with Crippen LogP contribution in [0.5, 0.6) is 0 Å². The van der Waals surface area contributed by atoms with Gasteiger partial charge in [0.1, 0.15) is 0 Å². The van der Waals surface area contributed by atoms with E-state index in [1.807, 2.05) is 6.92 Å². The van der Waals surface area contributed by atoms with Crippen molar-refractivity contribution in [3.05, 3.63) is 0 Å². The summed E-state index contributed by atoms with van der Waals surface area (Å²) >= 11 is 0. The van der Waals surface area contributed by atoms with E-state index in [1.165, 1.54) is 7.05 Å². The van der Waals surface area contributed by atoms with E-state index in [2.05, 4.69) is 27.8 Å². The number of carbonyl (C=O) groups is 2. The third-order valence-electron chi connectivity index (χ3n) is 2.79. The minimum absolute atomic E-state index is 0.256. The van der Waals surface area contributed by atoms with Gasteiger partial charge in [-0.05, 0) is 13.8 Å². The molecule has 3 amide bonds. The van der Waals surface area contributed by atoms with Crippen molar-refractivity contribution in [3.63, 3.8) is 0 Å². The molecule has 6 nitrogen and oxygen atoms in total. The fraction of sp³-hybridized carbons (Fsp3) is 0.800. The first-order valence-corrected chi connectivity index (χ1v) is 5.54. The van der Waals surface area contributed by atoms with Crippen LogP contribution in [0.1, 0.15) is 13.8 Å². The van der Waals surface area contributed by atoms with E-state index in [0.29, 0.717) is 6.04 Å². The summed E-state index contributed by atoms with van der Waals surface area (Å²) in [4.78, 5) is 24.8. The SMILES string of the molecule is CNC(=O)NC(=O)C(C)N1CCN[C@@H](C)C1. The summed E-state index contributed by atoms with van der Waals surface area (Å²) < 4.78 is 0. The summed E-state index contributed by atoms with van der Waals surface area (Å²) in [7, 11) is 1.49. The van der Waals surface area contributed by atoms with Gasteiger partial charge in [-0.2, -0.15) is 0 Å². The lowest BCUT2D eigenvalue weighted by Crippen LogP contribution is -2.56. The number of hydrogen-bond acceptors (Lipinski definition) is 4. The molecular formula is C10H20N4O2. The van der Waals surface area contributed by atoms with Crippen LogP contribution in [0.2, 0.25) is 0 Å². The van der Waals surface area contributed by atoms with Gasteiger partial charge in [-0.3, -0.25) is 15.0 Å². The highest BCUT2D eigenvalue weighted by Crippen LogP contribution is 2.04. The summed E-state index contributed by atoms with van der Waals surface area (Å²) in [5.41, 5.74) is 0. The maximum atomic E-state index is 11.7. The number of imide groups is 1. The van der Waals surface area contributed by atoms with Gasteiger partial charge < -0.3 is 10.6 Å². The molecule has 1 unspecified atom stereocenters. The standard InChI is InChI=1S/C10H20N4O2/c1-7-6-14(5-4-12-7)8(2)9(15)13-10(16)11-3/h7-8,12H,4-6H2,1-3H3,(H2,11,13,15,16)/t7-,8?/m0/s1. The molecule has 1 fully saturated rings. The molecule has 0 spiro atoms. The second kappa shape index (κ2) is 5.81. The maximum absolute atomic E-state index is 11.7. The predicted octanol–water partition coefficient (Wildman–Crippen LogP) is -0.876. The Balaban J connectivity index is 2.46. The largest absolute Gasteiger partial charge is 0.341 e. The number of nitrogens with one attached hydrogen (secondary N) is 3. The smallest absolute Gasteiger partial charge is 0.321 e. The molecule has 3 N–H and O–H groups in total. The van der Waals surface area contributed by atoms with Gasteiger partial charge in [-0.25, -0.2) is 4.79 Å². The van der Waals surface area contributed by atoms with Gasteiger partial charge in [0.25, 0.3) is 0 Å². The van der Waals surface area contributed by atoms with Gasteiger partial charge in [0.05, 0.1) is 6.04 Å². The normalized spacial score (nSPS) is 23.6. The van der Waals surface area contributed by atoms with Crippen LogP contribution >= 0.6 is 0 Å². The van der Waals surface area contributed by atoms with Gasteiger partial charge in [-0.15, -0.1) is 0 Å². The van der Waals surface area contributed by atoms with Crippen molar-refractivity contribution in [3.8, 4) is 0 Å². The zero-order valence-corrected chi connectivity index (χ0v) is 10.0. The van der Waals surface area contributed by atoms with Gasteiger partial charge >= 0.3 is 6.03 Å². The third kappa shape index (κ3) is 3.46. The van der Waals surface area contributed by atoms with Crippen LogP contribution < -0.4 is 16.0 Å². The highest BCUT2D eigenvalue weighted by Gasteiger charge is 2.25. The van der Waals surface area contributed by atoms with E-state index in [1.54, 1.807) is 0 Å². The minimum atomic E-state index is -0.458. The third-order valence-corrected chi connectivity index (χ3v) is 2.79. The van der Waals surface area contributed by atoms with Crippen molar-refractivity contribution >= 4 is 11.9 Å². The number of urea groups is 1. The second-order valence-corrected chi connectivity index (χ2v) is 4.09. The van der Waals surface area contributed by atoms with Gasteiger partial charge in [-0.1, -0.05) is 0 Å². The van der Waals surface area contributed by atoms with Gasteiger partial charge in [0.2, 0.25) is 5.91 Å². The van der Waals surface area contributed by atoms with Crippen molar-refractivity contribution in [2.75, 3.05) is 26.7 Å². The number of amides is 3. The molecule has 1 aliphatic rings. The van der Waals surface area contributed by atoms with Crippen molar-refractivity contribution in [1.82, 2.24) is 20.9 Å². The zero-order chi connectivity index (χ0) is 12.1. The summed E-state index contributed by atoms with van der Waals surface area (Å²) in [5, 5.41) is 7.96. The monoisotopic (exact) mass is 228 g/mol. The second-order valence-electron chi connectivity index (χ2n) is 4.09. The average Bonchev–Trinajstić information content (AvgIpc) is 2.27. The lowest BCUT2D eigenvalue weighted by molar-refractivity contribution is -0.125. The number of carbonyl (C=O) groups excluding carboxylic acids is 2. The molecule has 1 rings (SSSR count).